The second kappa shape index (κ2) is 5.21. The van der Waals surface area contributed by atoms with Gasteiger partial charge in [-0.05, 0) is 0 Å². The fourth-order valence-corrected chi connectivity index (χ4v) is 2.27. The van der Waals surface area contributed by atoms with Gasteiger partial charge < -0.3 is 4.74 Å². The van der Waals surface area contributed by atoms with Gasteiger partial charge in [0, 0.05) is 31.4 Å². The van der Waals surface area contributed by atoms with Gasteiger partial charge in [0.25, 0.3) is 0 Å². The van der Waals surface area contributed by atoms with Crippen molar-refractivity contribution in [2.75, 3.05) is 32.8 Å². The molecule has 0 aromatic carbocycles. The zero-order valence-corrected chi connectivity index (χ0v) is 9.29. The van der Waals surface area contributed by atoms with E-state index in [0.29, 0.717) is 5.69 Å². The van der Waals surface area contributed by atoms with Crippen molar-refractivity contribution in [3.8, 4) is 6.07 Å². The lowest BCUT2D eigenvalue weighted by atomic mass is 10.3. The fraction of sp³-hybridized carbons (Fsp3) is 0.600. The molecule has 2 rings (SSSR count). The van der Waals surface area contributed by atoms with Crippen LogP contribution in [0.15, 0.2) is 5.38 Å². The van der Waals surface area contributed by atoms with E-state index in [1.54, 1.807) is 11.3 Å². The van der Waals surface area contributed by atoms with Crippen LogP contribution in [0.2, 0.25) is 0 Å². The molecule has 0 radical (unpaired) electrons. The van der Waals surface area contributed by atoms with E-state index < -0.39 is 0 Å². The molecular formula is C10H13N3OS. The number of nitrogens with zero attached hydrogens (tertiary/aromatic N) is 3. The van der Waals surface area contributed by atoms with Crippen LogP contribution in [0.1, 0.15) is 10.7 Å². The summed E-state index contributed by atoms with van der Waals surface area (Å²) in [6.07, 6.45) is 0.937. The third-order valence-corrected chi connectivity index (χ3v) is 3.32. The minimum atomic E-state index is 0.539. The van der Waals surface area contributed by atoms with E-state index in [1.807, 2.05) is 5.38 Å². The molecule has 0 bridgehead atoms. The predicted octanol–water partition coefficient (Wildman–Crippen LogP) is 0.889. The molecule has 0 amide bonds. The van der Waals surface area contributed by atoms with Crippen molar-refractivity contribution in [3.63, 3.8) is 0 Å². The average molecular weight is 223 g/mol. The maximum absolute atomic E-state index is 8.64. The lowest BCUT2D eigenvalue weighted by Crippen LogP contribution is -2.37. The summed E-state index contributed by atoms with van der Waals surface area (Å²) in [4.78, 5) is 6.58. The molecule has 80 valence electrons. The molecule has 1 saturated heterocycles. The number of ether oxygens (including phenoxy) is 1. The zero-order valence-electron chi connectivity index (χ0n) is 8.48. The lowest BCUT2D eigenvalue weighted by Gasteiger charge is -2.25. The summed E-state index contributed by atoms with van der Waals surface area (Å²) in [5, 5.41) is 11.5. The minimum Gasteiger partial charge on any atom is -0.379 e. The molecule has 0 spiro atoms. The van der Waals surface area contributed by atoms with Gasteiger partial charge in [-0.25, -0.2) is 4.98 Å². The fourth-order valence-electron chi connectivity index (χ4n) is 1.56. The molecule has 1 aliphatic heterocycles. The maximum Gasteiger partial charge on any atom is 0.151 e. The molecule has 0 aliphatic carbocycles. The van der Waals surface area contributed by atoms with Crippen molar-refractivity contribution in [2.45, 2.75) is 6.42 Å². The van der Waals surface area contributed by atoms with Gasteiger partial charge >= 0.3 is 0 Å². The molecule has 5 heteroatoms. The number of hydrogen-bond acceptors (Lipinski definition) is 5. The third kappa shape index (κ3) is 2.99. The Morgan fingerprint density at radius 3 is 3.00 bits per heavy atom. The Morgan fingerprint density at radius 1 is 1.53 bits per heavy atom. The Hall–Kier alpha value is -0.960. The molecule has 2 heterocycles. The average Bonchev–Trinajstić information content (AvgIpc) is 2.76. The first-order valence-corrected chi connectivity index (χ1v) is 5.91. The third-order valence-electron chi connectivity index (χ3n) is 2.41. The van der Waals surface area contributed by atoms with Gasteiger partial charge in [-0.1, -0.05) is 0 Å². The highest BCUT2D eigenvalue weighted by atomic mass is 32.1. The van der Waals surface area contributed by atoms with Gasteiger partial charge in [0.2, 0.25) is 0 Å². The van der Waals surface area contributed by atoms with Gasteiger partial charge in [0.1, 0.15) is 6.07 Å². The standard InChI is InChI=1S/C10H13N3OS/c11-7-9-8-15-10(12-9)1-2-13-3-5-14-6-4-13/h8H,1-6H2. The first kappa shape index (κ1) is 10.6. The Balaban J connectivity index is 1.79. The van der Waals surface area contributed by atoms with E-state index in [2.05, 4.69) is 16.0 Å². The van der Waals surface area contributed by atoms with E-state index in [-0.39, 0.29) is 0 Å². The Kier molecular flexibility index (Phi) is 3.67. The molecule has 0 atom stereocenters. The van der Waals surface area contributed by atoms with Crippen LogP contribution in [0.4, 0.5) is 0 Å². The van der Waals surface area contributed by atoms with Crippen molar-refractivity contribution < 1.29 is 4.74 Å². The van der Waals surface area contributed by atoms with E-state index in [1.165, 1.54) is 0 Å². The first-order chi connectivity index (χ1) is 7.38. The van der Waals surface area contributed by atoms with Crippen molar-refractivity contribution >= 4 is 11.3 Å². The smallest absolute Gasteiger partial charge is 0.151 e. The van der Waals surface area contributed by atoms with Crippen molar-refractivity contribution in [1.82, 2.24) is 9.88 Å². The summed E-state index contributed by atoms with van der Waals surface area (Å²) in [7, 11) is 0. The number of rotatable bonds is 3. The van der Waals surface area contributed by atoms with Crippen molar-refractivity contribution in [2.24, 2.45) is 0 Å². The van der Waals surface area contributed by atoms with Gasteiger partial charge in [-0.2, -0.15) is 5.26 Å². The molecule has 1 aromatic heterocycles. The van der Waals surface area contributed by atoms with Crippen LogP contribution in [0.25, 0.3) is 0 Å². The lowest BCUT2D eigenvalue weighted by molar-refractivity contribution is 0.0384. The molecule has 15 heavy (non-hydrogen) atoms. The quantitative estimate of drug-likeness (QED) is 0.763. The molecule has 1 fully saturated rings. The van der Waals surface area contributed by atoms with Crippen LogP contribution in [0, 0.1) is 11.3 Å². The van der Waals surface area contributed by atoms with Crippen LogP contribution in [0.5, 0.6) is 0 Å². The number of aromatic nitrogens is 1. The van der Waals surface area contributed by atoms with Gasteiger partial charge in [-0.15, -0.1) is 11.3 Å². The number of thiazole rings is 1. The van der Waals surface area contributed by atoms with E-state index in [4.69, 9.17) is 10.00 Å². The second-order valence-electron chi connectivity index (χ2n) is 3.44. The minimum absolute atomic E-state index is 0.539. The van der Waals surface area contributed by atoms with Gasteiger partial charge in [-0.3, -0.25) is 4.90 Å². The maximum atomic E-state index is 8.64. The van der Waals surface area contributed by atoms with Crippen LogP contribution >= 0.6 is 11.3 Å². The SMILES string of the molecule is N#Cc1csc(CCN2CCOCC2)n1. The molecule has 0 N–H and O–H groups in total. The Labute approximate surface area is 93.1 Å². The van der Waals surface area contributed by atoms with E-state index >= 15 is 0 Å². The first-order valence-electron chi connectivity index (χ1n) is 5.03. The highest BCUT2D eigenvalue weighted by molar-refractivity contribution is 7.09. The number of morpholine rings is 1. The predicted molar refractivity (Wildman–Crippen MR) is 57.8 cm³/mol. The van der Waals surface area contributed by atoms with Crippen LogP contribution < -0.4 is 0 Å². The van der Waals surface area contributed by atoms with Crippen LogP contribution in [-0.2, 0) is 11.2 Å². The molecular weight excluding hydrogens is 210 g/mol. The molecule has 4 nitrogen and oxygen atoms in total. The summed E-state index contributed by atoms with van der Waals surface area (Å²) < 4.78 is 5.28. The summed E-state index contributed by atoms with van der Waals surface area (Å²) in [5.74, 6) is 0. The highest BCUT2D eigenvalue weighted by Gasteiger charge is 2.10. The molecule has 0 unspecified atom stereocenters. The normalized spacial score (nSPS) is 17.5. The topological polar surface area (TPSA) is 49.2 Å². The Morgan fingerprint density at radius 2 is 2.33 bits per heavy atom. The van der Waals surface area contributed by atoms with E-state index in [0.717, 1.165) is 44.3 Å². The van der Waals surface area contributed by atoms with Gasteiger partial charge in [0.05, 0.1) is 18.2 Å². The molecule has 0 saturated carbocycles. The largest absolute Gasteiger partial charge is 0.379 e. The van der Waals surface area contributed by atoms with Crippen LogP contribution in [-0.4, -0.2) is 42.7 Å². The number of nitriles is 1. The highest BCUT2D eigenvalue weighted by Crippen LogP contribution is 2.10. The monoisotopic (exact) mass is 223 g/mol. The van der Waals surface area contributed by atoms with E-state index in [9.17, 15) is 0 Å². The van der Waals surface area contributed by atoms with Crippen molar-refractivity contribution in [1.29, 1.82) is 5.26 Å². The van der Waals surface area contributed by atoms with Gasteiger partial charge in [0.15, 0.2) is 5.69 Å². The number of hydrogen-bond donors (Lipinski definition) is 0. The zero-order chi connectivity index (χ0) is 10.5. The molecule has 1 aliphatic rings. The Bertz CT molecular complexity index is 352. The van der Waals surface area contributed by atoms with Crippen LogP contribution in [0.3, 0.4) is 0 Å². The second-order valence-corrected chi connectivity index (χ2v) is 4.38. The van der Waals surface area contributed by atoms with Crippen molar-refractivity contribution in [3.05, 3.63) is 16.1 Å². The summed E-state index contributed by atoms with van der Waals surface area (Å²) in [5.41, 5.74) is 0.539. The molecule has 1 aromatic rings. The summed E-state index contributed by atoms with van der Waals surface area (Å²) >= 11 is 1.57. The summed E-state index contributed by atoms with van der Waals surface area (Å²) in [6.45, 7) is 4.71. The summed E-state index contributed by atoms with van der Waals surface area (Å²) in [6, 6.07) is 2.05.